The van der Waals surface area contributed by atoms with Gasteiger partial charge in [-0.25, -0.2) is 4.98 Å². The minimum absolute atomic E-state index is 0.0609. The highest BCUT2D eigenvalue weighted by Gasteiger charge is 2.33. The number of aliphatic hydroxyl groups is 1. The number of aliphatic hydroxyl groups excluding tert-OH is 1. The predicted molar refractivity (Wildman–Crippen MR) is 89.4 cm³/mol. The first kappa shape index (κ1) is 16.6. The average molecular weight is 339 g/mol. The Morgan fingerprint density at radius 2 is 2.09 bits per heavy atom. The fourth-order valence-electron chi connectivity index (χ4n) is 2.85. The molecule has 0 aromatic carbocycles. The molecule has 2 heterocycles. The molecule has 23 heavy (non-hydrogen) atoms. The number of hydrogen-bond donors (Lipinski definition) is 2. The Balaban J connectivity index is 1.44. The smallest absolute Gasteiger partial charge is 0.249 e. The minimum Gasteiger partial charge on any atom is -0.383 e. The van der Waals surface area contributed by atoms with Gasteiger partial charge in [-0.1, -0.05) is 0 Å². The van der Waals surface area contributed by atoms with Gasteiger partial charge in [0.15, 0.2) is 5.82 Å². The standard InChI is InChI=1S/C15H25N5O2S/c1-19(2)15-17-12(18-23-15)9-20-7-5-10(6-8-20)13(21)14(22)16-11-3-4-11/h10-11,13,21H,3-9H2,1-2H3,(H,16,22)/t13-/m1/s1. The molecule has 1 aliphatic heterocycles. The van der Waals surface area contributed by atoms with E-state index in [0.717, 1.165) is 56.3 Å². The van der Waals surface area contributed by atoms with Crippen LogP contribution in [0.1, 0.15) is 31.5 Å². The highest BCUT2D eigenvalue weighted by molar-refractivity contribution is 7.09. The number of likely N-dealkylation sites (tertiary alicyclic amines) is 1. The first-order valence-electron chi connectivity index (χ1n) is 8.23. The van der Waals surface area contributed by atoms with E-state index in [1.165, 1.54) is 11.5 Å². The fourth-order valence-corrected chi connectivity index (χ4v) is 3.44. The molecular formula is C15H25N5O2S. The first-order chi connectivity index (χ1) is 11.0. The maximum atomic E-state index is 11.9. The lowest BCUT2D eigenvalue weighted by Crippen LogP contribution is -2.45. The van der Waals surface area contributed by atoms with Crippen molar-refractivity contribution in [2.45, 2.75) is 44.4 Å². The number of aromatic nitrogens is 2. The number of nitrogens with zero attached hydrogens (tertiary/aromatic N) is 4. The van der Waals surface area contributed by atoms with Crippen molar-refractivity contribution < 1.29 is 9.90 Å². The van der Waals surface area contributed by atoms with Gasteiger partial charge in [0.2, 0.25) is 11.0 Å². The van der Waals surface area contributed by atoms with E-state index in [9.17, 15) is 9.90 Å². The summed E-state index contributed by atoms with van der Waals surface area (Å²) in [6.45, 7) is 2.48. The van der Waals surface area contributed by atoms with E-state index < -0.39 is 6.10 Å². The Bertz CT molecular complexity index is 538. The van der Waals surface area contributed by atoms with Crippen LogP contribution in [0.3, 0.4) is 0 Å². The lowest BCUT2D eigenvalue weighted by atomic mass is 9.90. The summed E-state index contributed by atoms with van der Waals surface area (Å²) in [4.78, 5) is 20.7. The van der Waals surface area contributed by atoms with Gasteiger partial charge < -0.3 is 15.3 Å². The molecule has 2 fully saturated rings. The topological polar surface area (TPSA) is 81.6 Å². The monoisotopic (exact) mass is 339 g/mol. The SMILES string of the molecule is CN(C)c1nc(CN2CCC([C@@H](O)C(=O)NC3CC3)CC2)ns1. The van der Waals surface area contributed by atoms with Crippen molar-refractivity contribution >= 4 is 22.6 Å². The minimum atomic E-state index is -0.865. The highest BCUT2D eigenvalue weighted by Crippen LogP contribution is 2.24. The number of nitrogens with one attached hydrogen (secondary N) is 1. The van der Waals surface area contributed by atoms with E-state index in [-0.39, 0.29) is 11.8 Å². The molecule has 0 bridgehead atoms. The van der Waals surface area contributed by atoms with Gasteiger partial charge in [0, 0.05) is 31.7 Å². The molecule has 7 nitrogen and oxygen atoms in total. The first-order valence-corrected chi connectivity index (χ1v) is 9.01. The Hall–Kier alpha value is -1.25. The van der Waals surface area contributed by atoms with Crippen molar-refractivity contribution in [1.29, 1.82) is 0 Å². The molecule has 1 aliphatic carbocycles. The molecule has 1 aromatic rings. The Morgan fingerprint density at radius 1 is 1.39 bits per heavy atom. The quantitative estimate of drug-likeness (QED) is 0.783. The van der Waals surface area contributed by atoms with Crippen LogP contribution in [-0.2, 0) is 11.3 Å². The molecule has 2 aliphatic rings. The van der Waals surface area contributed by atoms with Gasteiger partial charge in [-0.15, -0.1) is 0 Å². The summed E-state index contributed by atoms with van der Waals surface area (Å²) in [5.74, 6) is 0.720. The van der Waals surface area contributed by atoms with Gasteiger partial charge >= 0.3 is 0 Å². The van der Waals surface area contributed by atoms with Crippen LogP contribution in [0.5, 0.6) is 0 Å². The van der Waals surface area contributed by atoms with Crippen molar-refractivity contribution in [3.8, 4) is 0 Å². The summed E-state index contributed by atoms with van der Waals surface area (Å²) < 4.78 is 4.39. The van der Waals surface area contributed by atoms with E-state index in [0.29, 0.717) is 6.04 Å². The van der Waals surface area contributed by atoms with Crippen LogP contribution in [0.25, 0.3) is 0 Å². The second-order valence-corrected chi connectivity index (χ2v) is 7.46. The summed E-state index contributed by atoms with van der Waals surface area (Å²) in [6.07, 6.45) is 2.91. The Labute approximate surface area is 140 Å². The molecule has 1 saturated heterocycles. The molecule has 2 N–H and O–H groups in total. The molecule has 1 amide bonds. The number of carbonyl (C=O) groups excluding carboxylic acids is 1. The zero-order chi connectivity index (χ0) is 16.4. The van der Waals surface area contributed by atoms with Crippen LogP contribution < -0.4 is 10.2 Å². The number of carbonyl (C=O) groups is 1. The summed E-state index contributed by atoms with van der Waals surface area (Å²) in [5, 5.41) is 14.0. The van der Waals surface area contributed by atoms with E-state index in [2.05, 4.69) is 19.6 Å². The van der Waals surface area contributed by atoms with E-state index >= 15 is 0 Å². The summed E-state index contributed by atoms with van der Waals surface area (Å²) >= 11 is 1.41. The number of anilines is 1. The fraction of sp³-hybridized carbons (Fsp3) is 0.800. The normalized spacial score (nSPS) is 21.2. The van der Waals surface area contributed by atoms with Crippen LogP contribution >= 0.6 is 11.5 Å². The second-order valence-electron chi connectivity index (χ2n) is 6.73. The van der Waals surface area contributed by atoms with E-state index in [1.807, 2.05) is 19.0 Å². The zero-order valence-corrected chi connectivity index (χ0v) is 14.6. The summed E-state index contributed by atoms with van der Waals surface area (Å²) in [5.41, 5.74) is 0. The molecule has 0 unspecified atom stereocenters. The second kappa shape index (κ2) is 7.11. The molecule has 0 radical (unpaired) electrons. The average Bonchev–Trinajstić information content (AvgIpc) is 3.22. The van der Waals surface area contributed by atoms with E-state index in [4.69, 9.17) is 0 Å². The van der Waals surface area contributed by atoms with Crippen molar-refractivity contribution in [2.75, 3.05) is 32.1 Å². The highest BCUT2D eigenvalue weighted by atomic mass is 32.1. The third-order valence-electron chi connectivity index (χ3n) is 4.48. The molecule has 1 aromatic heterocycles. The van der Waals surface area contributed by atoms with Gasteiger partial charge in [-0.2, -0.15) is 4.37 Å². The lowest BCUT2D eigenvalue weighted by Gasteiger charge is -2.33. The largest absolute Gasteiger partial charge is 0.383 e. The van der Waals surface area contributed by atoms with Crippen LogP contribution in [0.4, 0.5) is 5.13 Å². The number of piperidine rings is 1. The van der Waals surface area contributed by atoms with Crippen molar-refractivity contribution in [1.82, 2.24) is 19.6 Å². The van der Waals surface area contributed by atoms with Crippen LogP contribution in [0, 0.1) is 5.92 Å². The van der Waals surface area contributed by atoms with Gasteiger partial charge in [-0.3, -0.25) is 9.69 Å². The van der Waals surface area contributed by atoms with Gasteiger partial charge in [0.1, 0.15) is 6.10 Å². The molecule has 0 spiro atoms. The molecule has 1 saturated carbocycles. The zero-order valence-electron chi connectivity index (χ0n) is 13.7. The lowest BCUT2D eigenvalue weighted by molar-refractivity contribution is -0.133. The van der Waals surface area contributed by atoms with Crippen molar-refractivity contribution in [3.63, 3.8) is 0 Å². The Kier molecular flexibility index (Phi) is 5.13. The van der Waals surface area contributed by atoms with Crippen LogP contribution in [-0.4, -0.2) is 64.6 Å². The molecule has 3 rings (SSSR count). The Morgan fingerprint density at radius 3 is 2.65 bits per heavy atom. The third kappa shape index (κ3) is 4.39. The molecule has 8 heteroatoms. The van der Waals surface area contributed by atoms with Crippen molar-refractivity contribution in [3.05, 3.63) is 5.82 Å². The molecule has 128 valence electrons. The van der Waals surface area contributed by atoms with Crippen LogP contribution in [0.15, 0.2) is 0 Å². The van der Waals surface area contributed by atoms with Gasteiger partial charge in [0.05, 0.1) is 6.54 Å². The van der Waals surface area contributed by atoms with Gasteiger partial charge in [0.25, 0.3) is 0 Å². The number of amides is 1. The number of hydrogen-bond acceptors (Lipinski definition) is 7. The van der Waals surface area contributed by atoms with Crippen molar-refractivity contribution in [2.24, 2.45) is 5.92 Å². The molecular weight excluding hydrogens is 314 g/mol. The van der Waals surface area contributed by atoms with E-state index in [1.54, 1.807) is 0 Å². The van der Waals surface area contributed by atoms with Crippen LogP contribution in [0.2, 0.25) is 0 Å². The summed E-state index contributed by atoms with van der Waals surface area (Å²) in [7, 11) is 3.92. The summed E-state index contributed by atoms with van der Waals surface area (Å²) in [6, 6.07) is 0.305. The maximum Gasteiger partial charge on any atom is 0.249 e. The number of rotatable bonds is 6. The molecule has 1 atom stereocenters. The maximum absolute atomic E-state index is 11.9. The predicted octanol–water partition coefficient (Wildman–Crippen LogP) is 0.456. The third-order valence-corrected chi connectivity index (χ3v) is 5.40. The van der Waals surface area contributed by atoms with Gasteiger partial charge in [-0.05, 0) is 44.7 Å².